The first-order valence-electron chi connectivity index (χ1n) is 7.20. The van der Waals surface area contributed by atoms with Gasteiger partial charge in [-0.2, -0.15) is 0 Å². The summed E-state index contributed by atoms with van der Waals surface area (Å²) in [5.74, 6) is 5.64. The molecule has 1 aromatic rings. The number of ether oxygens (including phenoxy) is 1. The van der Waals surface area contributed by atoms with Crippen LogP contribution in [0.2, 0.25) is 10.0 Å². The van der Waals surface area contributed by atoms with Crippen LogP contribution in [0.1, 0.15) is 37.7 Å². The van der Waals surface area contributed by atoms with Gasteiger partial charge in [0.25, 0.3) is 0 Å². The molecule has 2 unspecified atom stereocenters. The van der Waals surface area contributed by atoms with Gasteiger partial charge in [0.2, 0.25) is 0 Å². The van der Waals surface area contributed by atoms with Crippen LogP contribution in [0.5, 0.6) is 0 Å². The summed E-state index contributed by atoms with van der Waals surface area (Å²) in [6, 6.07) is 5.84. The highest BCUT2D eigenvalue weighted by Crippen LogP contribution is 2.23. The number of rotatable bonds is 7. The summed E-state index contributed by atoms with van der Waals surface area (Å²) in [5.41, 5.74) is 3.97. The fraction of sp³-hybridized carbons (Fsp3) is 0.600. The molecule has 3 nitrogen and oxygen atoms in total. The van der Waals surface area contributed by atoms with E-state index >= 15 is 0 Å². The SMILES string of the molecule is NNC(CCCC1CCCO1)Cc1ccc(Cl)cc1Cl. The predicted octanol–water partition coefficient (Wildman–Crippen LogP) is 3.72. The number of nitrogens with two attached hydrogens (primary N) is 1. The molecule has 0 aliphatic carbocycles. The van der Waals surface area contributed by atoms with E-state index in [1.807, 2.05) is 12.1 Å². The molecule has 2 rings (SSSR count). The fourth-order valence-corrected chi connectivity index (χ4v) is 3.15. The number of hydrazine groups is 1. The summed E-state index contributed by atoms with van der Waals surface area (Å²) >= 11 is 12.1. The van der Waals surface area contributed by atoms with Crippen molar-refractivity contribution in [3.8, 4) is 0 Å². The van der Waals surface area contributed by atoms with Crippen LogP contribution in [0.4, 0.5) is 0 Å². The van der Waals surface area contributed by atoms with E-state index in [1.54, 1.807) is 6.07 Å². The third kappa shape index (κ3) is 4.90. The molecular weight excluding hydrogens is 295 g/mol. The lowest BCUT2D eigenvalue weighted by molar-refractivity contribution is 0.101. The highest BCUT2D eigenvalue weighted by molar-refractivity contribution is 6.35. The molecule has 3 N–H and O–H groups in total. The molecule has 1 heterocycles. The minimum atomic E-state index is 0.232. The number of halogens is 2. The van der Waals surface area contributed by atoms with Gasteiger partial charge < -0.3 is 4.74 Å². The minimum Gasteiger partial charge on any atom is -0.378 e. The predicted molar refractivity (Wildman–Crippen MR) is 84.1 cm³/mol. The Morgan fingerprint density at radius 3 is 2.90 bits per heavy atom. The molecule has 20 heavy (non-hydrogen) atoms. The van der Waals surface area contributed by atoms with Crippen LogP contribution < -0.4 is 11.3 Å². The average molecular weight is 317 g/mol. The quantitative estimate of drug-likeness (QED) is 0.595. The molecule has 1 saturated heterocycles. The maximum Gasteiger partial charge on any atom is 0.0576 e. The van der Waals surface area contributed by atoms with E-state index in [0.29, 0.717) is 16.1 Å². The van der Waals surface area contributed by atoms with Crippen molar-refractivity contribution in [1.82, 2.24) is 5.43 Å². The van der Waals surface area contributed by atoms with Crippen molar-refractivity contribution in [3.05, 3.63) is 33.8 Å². The molecule has 1 aromatic carbocycles. The van der Waals surface area contributed by atoms with Gasteiger partial charge >= 0.3 is 0 Å². The number of benzene rings is 1. The van der Waals surface area contributed by atoms with E-state index in [9.17, 15) is 0 Å². The van der Waals surface area contributed by atoms with Crippen molar-refractivity contribution in [1.29, 1.82) is 0 Å². The maximum absolute atomic E-state index is 6.20. The second kappa shape index (κ2) is 8.20. The molecule has 0 aromatic heterocycles. The lowest BCUT2D eigenvalue weighted by Crippen LogP contribution is -2.37. The van der Waals surface area contributed by atoms with Crippen molar-refractivity contribution < 1.29 is 4.74 Å². The molecule has 2 atom stereocenters. The Labute approximate surface area is 130 Å². The first-order valence-corrected chi connectivity index (χ1v) is 7.96. The second-order valence-electron chi connectivity index (χ2n) is 5.37. The summed E-state index contributed by atoms with van der Waals surface area (Å²) in [6.07, 6.45) is 6.92. The number of hydrogen-bond donors (Lipinski definition) is 2. The molecule has 0 bridgehead atoms. The molecular formula is C15H22Cl2N2O. The van der Waals surface area contributed by atoms with E-state index in [2.05, 4.69) is 5.43 Å². The van der Waals surface area contributed by atoms with Crippen molar-refractivity contribution in [2.24, 2.45) is 5.84 Å². The molecule has 5 heteroatoms. The maximum atomic E-state index is 6.20. The summed E-state index contributed by atoms with van der Waals surface area (Å²) < 4.78 is 5.63. The monoisotopic (exact) mass is 316 g/mol. The van der Waals surface area contributed by atoms with Gasteiger partial charge in [-0.05, 0) is 56.2 Å². The van der Waals surface area contributed by atoms with Gasteiger partial charge in [0, 0.05) is 22.7 Å². The highest BCUT2D eigenvalue weighted by Gasteiger charge is 2.16. The van der Waals surface area contributed by atoms with Crippen LogP contribution in [0.25, 0.3) is 0 Å². The van der Waals surface area contributed by atoms with Crippen LogP contribution in [0.15, 0.2) is 18.2 Å². The third-order valence-electron chi connectivity index (χ3n) is 3.82. The van der Waals surface area contributed by atoms with Gasteiger partial charge in [-0.3, -0.25) is 11.3 Å². The van der Waals surface area contributed by atoms with Gasteiger partial charge in [0.05, 0.1) is 6.10 Å². The molecule has 1 fully saturated rings. The molecule has 1 aliphatic rings. The van der Waals surface area contributed by atoms with Crippen LogP contribution in [-0.2, 0) is 11.2 Å². The number of hydrogen-bond acceptors (Lipinski definition) is 3. The van der Waals surface area contributed by atoms with Gasteiger partial charge in [0.1, 0.15) is 0 Å². The van der Waals surface area contributed by atoms with E-state index in [0.717, 1.165) is 37.9 Å². The van der Waals surface area contributed by atoms with Crippen LogP contribution in [-0.4, -0.2) is 18.8 Å². The van der Waals surface area contributed by atoms with Gasteiger partial charge in [-0.25, -0.2) is 0 Å². The first kappa shape index (κ1) is 16.1. The Hall–Kier alpha value is -0.320. The molecule has 0 radical (unpaired) electrons. The molecule has 0 amide bonds. The highest BCUT2D eigenvalue weighted by atomic mass is 35.5. The zero-order valence-electron chi connectivity index (χ0n) is 11.6. The van der Waals surface area contributed by atoms with Crippen LogP contribution >= 0.6 is 23.2 Å². The van der Waals surface area contributed by atoms with Crippen molar-refractivity contribution >= 4 is 23.2 Å². The smallest absolute Gasteiger partial charge is 0.0576 e. The Balaban J connectivity index is 1.78. The molecule has 0 saturated carbocycles. The lowest BCUT2D eigenvalue weighted by Gasteiger charge is -2.18. The summed E-state index contributed by atoms with van der Waals surface area (Å²) in [7, 11) is 0. The van der Waals surface area contributed by atoms with E-state index in [1.165, 1.54) is 12.8 Å². The third-order valence-corrected chi connectivity index (χ3v) is 4.41. The van der Waals surface area contributed by atoms with E-state index < -0.39 is 0 Å². The zero-order chi connectivity index (χ0) is 14.4. The van der Waals surface area contributed by atoms with Crippen LogP contribution in [0.3, 0.4) is 0 Å². The topological polar surface area (TPSA) is 47.3 Å². The van der Waals surface area contributed by atoms with E-state index in [4.69, 9.17) is 33.8 Å². The zero-order valence-corrected chi connectivity index (χ0v) is 13.1. The summed E-state index contributed by atoms with van der Waals surface area (Å²) in [4.78, 5) is 0. The van der Waals surface area contributed by atoms with Crippen molar-refractivity contribution in [2.75, 3.05) is 6.61 Å². The molecule has 1 aliphatic heterocycles. The Morgan fingerprint density at radius 2 is 2.25 bits per heavy atom. The summed E-state index contributed by atoms with van der Waals surface area (Å²) in [5, 5.41) is 1.37. The summed E-state index contributed by atoms with van der Waals surface area (Å²) in [6.45, 7) is 0.920. The average Bonchev–Trinajstić information content (AvgIpc) is 2.93. The Kier molecular flexibility index (Phi) is 6.59. The standard InChI is InChI=1S/C15H22Cl2N2O/c16-12-7-6-11(15(17)10-12)9-13(19-18)3-1-4-14-5-2-8-20-14/h6-7,10,13-14,19H,1-5,8-9,18H2. The number of nitrogens with one attached hydrogen (secondary N) is 1. The second-order valence-corrected chi connectivity index (χ2v) is 6.21. The van der Waals surface area contributed by atoms with Gasteiger partial charge in [-0.15, -0.1) is 0 Å². The minimum absolute atomic E-state index is 0.232. The van der Waals surface area contributed by atoms with Crippen LogP contribution in [0, 0.1) is 0 Å². The Morgan fingerprint density at radius 1 is 1.40 bits per heavy atom. The Bertz CT molecular complexity index is 422. The molecule has 0 spiro atoms. The fourth-order valence-electron chi connectivity index (χ4n) is 2.66. The normalized spacial score (nSPS) is 20.2. The van der Waals surface area contributed by atoms with E-state index in [-0.39, 0.29) is 6.04 Å². The molecule has 112 valence electrons. The largest absolute Gasteiger partial charge is 0.378 e. The van der Waals surface area contributed by atoms with Gasteiger partial charge in [-0.1, -0.05) is 29.3 Å². The van der Waals surface area contributed by atoms with Crippen molar-refractivity contribution in [2.45, 2.75) is 50.7 Å². The van der Waals surface area contributed by atoms with Crippen molar-refractivity contribution in [3.63, 3.8) is 0 Å². The van der Waals surface area contributed by atoms with Gasteiger partial charge in [0.15, 0.2) is 0 Å². The first-order chi connectivity index (χ1) is 9.69. The lowest BCUT2D eigenvalue weighted by atomic mass is 10.00.